The Labute approximate surface area is 380 Å². The number of methoxy groups -OCH3 is 1. The van der Waals surface area contributed by atoms with Crippen LogP contribution >= 0.6 is 0 Å². The van der Waals surface area contributed by atoms with E-state index in [1.54, 1.807) is 6.92 Å². The summed E-state index contributed by atoms with van der Waals surface area (Å²) in [7, 11) is 1.29. The fourth-order valence-electron chi connectivity index (χ4n) is 7.42. The van der Waals surface area contributed by atoms with E-state index in [1.165, 1.54) is 75.7 Å². The zero-order valence-corrected chi connectivity index (χ0v) is 41.9. The lowest BCUT2D eigenvalue weighted by Gasteiger charge is -2.17. The van der Waals surface area contributed by atoms with Crippen LogP contribution in [0.2, 0.25) is 0 Å². The largest absolute Gasteiger partial charge is 0.501 e. The maximum atomic E-state index is 12.7. The number of hydrogen-bond acceptors (Lipinski definition) is 4. The Hall–Kier alpha value is -4.18. The molecule has 0 amide bonds. The number of ketones is 2. The van der Waals surface area contributed by atoms with Gasteiger partial charge < -0.3 is 9.84 Å². The number of rotatable bonds is 30. The number of aliphatic hydroxyl groups excluding tert-OH is 1. The second-order valence-electron chi connectivity index (χ2n) is 18.4. The summed E-state index contributed by atoms with van der Waals surface area (Å²) in [6.07, 6.45) is 44.0. The first-order valence-electron chi connectivity index (χ1n) is 23.7. The monoisotopic (exact) mass is 849 g/mol. The minimum absolute atomic E-state index is 0.264. The summed E-state index contributed by atoms with van der Waals surface area (Å²) in [6, 6.07) is 0. The number of aliphatic hydroxyl groups is 1. The van der Waals surface area contributed by atoms with Crippen molar-refractivity contribution in [1.29, 1.82) is 0 Å². The van der Waals surface area contributed by atoms with E-state index < -0.39 is 17.3 Å². The first-order chi connectivity index (χ1) is 29.4. The van der Waals surface area contributed by atoms with Crippen LogP contribution in [0.4, 0.5) is 0 Å². The van der Waals surface area contributed by atoms with E-state index >= 15 is 0 Å². The molecule has 4 nitrogen and oxygen atoms in total. The Morgan fingerprint density at radius 3 is 0.887 bits per heavy atom. The highest BCUT2D eigenvalue weighted by Crippen LogP contribution is 2.27. The average Bonchev–Trinajstić information content (AvgIpc) is 3.20. The van der Waals surface area contributed by atoms with Gasteiger partial charge in [0.15, 0.2) is 0 Å². The molecule has 1 rings (SSSR count). The number of carbonyl (C=O) groups is 2. The van der Waals surface area contributed by atoms with Crippen LogP contribution in [-0.2, 0) is 14.3 Å². The molecule has 0 fully saturated rings. The molecule has 0 unspecified atom stereocenters. The summed E-state index contributed by atoms with van der Waals surface area (Å²) < 4.78 is 4.99. The van der Waals surface area contributed by atoms with Gasteiger partial charge in [-0.25, -0.2) is 0 Å². The van der Waals surface area contributed by atoms with Crippen molar-refractivity contribution in [1.82, 2.24) is 0 Å². The van der Waals surface area contributed by atoms with Crippen molar-refractivity contribution in [2.24, 2.45) is 0 Å². The lowest BCUT2D eigenvalue weighted by atomic mass is 9.90. The van der Waals surface area contributed by atoms with Gasteiger partial charge in [0.2, 0.25) is 23.1 Å². The third kappa shape index (κ3) is 25.7. The highest BCUT2D eigenvalue weighted by atomic mass is 16.5. The summed E-state index contributed by atoms with van der Waals surface area (Å²) in [5.74, 6) is -1.82. The summed E-state index contributed by atoms with van der Waals surface area (Å²) >= 11 is 0. The molecule has 0 atom stereocenters. The molecule has 0 saturated heterocycles. The van der Waals surface area contributed by atoms with Gasteiger partial charge in [0.25, 0.3) is 0 Å². The Balaban J connectivity index is 2.29. The first kappa shape index (κ1) is 55.8. The van der Waals surface area contributed by atoms with Crippen molar-refractivity contribution < 1.29 is 19.4 Å². The van der Waals surface area contributed by atoms with Gasteiger partial charge in [-0.05, 0) is 205 Å². The van der Waals surface area contributed by atoms with Gasteiger partial charge in [0, 0.05) is 11.1 Å². The summed E-state index contributed by atoms with van der Waals surface area (Å²) in [4.78, 5) is 24.9. The van der Waals surface area contributed by atoms with E-state index in [4.69, 9.17) is 4.74 Å². The fourth-order valence-corrected chi connectivity index (χ4v) is 7.42. The minimum Gasteiger partial charge on any atom is -0.501 e. The molecule has 0 heterocycles. The molecule has 344 valence electrons. The van der Waals surface area contributed by atoms with Crippen LogP contribution in [0.25, 0.3) is 0 Å². The molecule has 0 aromatic carbocycles. The fraction of sp³-hybridized carbons (Fsp3) is 0.552. The summed E-state index contributed by atoms with van der Waals surface area (Å²) in [5.41, 5.74) is 15.2. The standard InChI is InChI=1S/C58H88O4/c1-43(2)23-14-24-44(3)25-15-26-45(4)27-16-28-46(5)29-17-30-47(6)31-18-32-48(7)33-19-34-49(8)35-20-36-50(9)37-21-38-51(10)39-22-40-52(11)41-42-54-53(12)55(59)57(61)58(62-13)56(54)60/h23,25,27,29,31,33,35,37,39,41,61H,14-22,24,26,28,30,32,34,36,38,40,42H2,1-13H3/b44-25+,45-27+,46-29+,47-31+,48-33+,49-35+,50-37+,51-39+,52-41+. The highest BCUT2D eigenvalue weighted by molar-refractivity contribution is 6.23. The Kier molecular flexibility index (Phi) is 29.3. The van der Waals surface area contributed by atoms with Crippen molar-refractivity contribution in [3.05, 3.63) is 139 Å². The Morgan fingerprint density at radius 2 is 0.645 bits per heavy atom. The topological polar surface area (TPSA) is 63.6 Å². The quantitative estimate of drug-likeness (QED) is 0.0578. The Morgan fingerprint density at radius 1 is 0.403 bits per heavy atom. The Bertz CT molecular complexity index is 1830. The van der Waals surface area contributed by atoms with Gasteiger partial charge in [-0.3, -0.25) is 9.59 Å². The van der Waals surface area contributed by atoms with Crippen LogP contribution in [0.1, 0.15) is 205 Å². The molecular weight excluding hydrogens is 761 g/mol. The zero-order chi connectivity index (χ0) is 46.5. The van der Waals surface area contributed by atoms with E-state index in [9.17, 15) is 14.7 Å². The molecule has 1 N–H and O–H groups in total. The van der Waals surface area contributed by atoms with Crippen LogP contribution < -0.4 is 0 Å². The van der Waals surface area contributed by atoms with E-state index in [0.717, 1.165) is 103 Å². The van der Waals surface area contributed by atoms with Gasteiger partial charge in [-0.2, -0.15) is 0 Å². The molecular formula is C58H88O4. The molecule has 0 bridgehead atoms. The van der Waals surface area contributed by atoms with Crippen molar-refractivity contribution >= 4 is 11.6 Å². The predicted octanol–water partition coefficient (Wildman–Crippen LogP) is 17.8. The second kappa shape index (κ2) is 32.5. The number of carbonyl (C=O) groups excluding carboxylic acids is 2. The van der Waals surface area contributed by atoms with Gasteiger partial charge in [-0.15, -0.1) is 0 Å². The van der Waals surface area contributed by atoms with Crippen LogP contribution in [-0.4, -0.2) is 23.8 Å². The number of ether oxygens (including phenoxy) is 1. The number of Topliss-reactive ketones (excluding diaryl/α,β-unsaturated/α-hetero) is 2. The molecule has 0 aromatic rings. The lowest BCUT2D eigenvalue weighted by molar-refractivity contribution is -0.120. The van der Waals surface area contributed by atoms with Crippen LogP contribution in [0.15, 0.2) is 139 Å². The molecule has 1 aliphatic rings. The van der Waals surface area contributed by atoms with Crippen molar-refractivity contribution in [3.8, 4) is 0 Å². The zero-order valence-electron chi connectivity index (χ0n) is 41.9. The van der Waals surface area contributed by atoms with Crippen molar-refractivity contribution in [3.63, 3.8) is 0 Å². The van der Waals surface area contributed by atoms with Crippen LogP contribution in [0.5, 0.6) is 0 Å². The van der Waals surface area contributed by atoms with Crippen molar-refractivity contribution in [2.75, 3.05) is 7.11 Å². The molecule has 1 aliphatic carbocycles. The van der Waals surface area contributed by atoms with Gasteiger partial charge in [0.1, 0.15) is 0 Å². The van der Waals surface area contributed by atoms with E-state index in [2.05, 4.69) is 131 Å². The van der Waals surface area contributed by atoms with Crippen LogP contribution in [0, 0.1) is 0 Å². The summed E-state index contributed by atoms with van der Waals surface area (Å²) in [5, 5.41) is 9.94. The van der Waals surface area contributed by atoms with Gasteiger partial charge in [-0.1, -0.05) is 116 Å². The molecule has 0 spiro atoms. The smallest absolute Gasteiger partial charge is 0.228 e. The molecule has 0 aliphatic heterocycles. The third-order valence-corrected chi connectivity index (χ3v) is 11.9. The first-order valence-corrected chi connectivity index (χ1v) is 23.7. The maximum absolute atomic E-state index is 12.7. The average molecular weight is 849 g/mol. The highest BCUT2D eigenvalue weighted by Gasteiger charge is 2.33. The second-order valence-corrected chi connectivity index (χ2v) is 18.4. The molecule has 0 radical (unpaired) electrons. The normalized spacial score (nSPS) is 16.0. The molecule has 0 aromatic heterocycles. The van der Waals surface area contributed by atoms with Gasteiger partial charge >= 0.3 is 0 Å². The molecule has 4 heteroatoms. The number of allylic oxidation sites excluding steroid dienone is 22. The van der Waals surface area contributed by atoms with E-state index in [0.29, 0.717) is 12.0 Å². The number of hydrogen-bond donors (Lipinski definition) is 1. The van der Waals surface area contributed by atoms with E-state index in [1.807, 2.05) is 6.08 Å². The van der Waals surface area contributed by atoms with Crippen molar-refractivity contribution in [2.45, 2.75) is 205 Å². The summed E-state index contributed by atoms with van der Waals surface area (Å²) in [6.45, 7) is 26.2. The molecule has 62 heavy (non-hydrogen) atoms. The minimum atomic E-state index is -0.600. The predicted molar refractivity (Wildman–Crippen MR) is 270 cm³/mol. The van der Waals surface area contributed by atoms with E-state index in [-0.39, 0.29) is 11.3 Å². The maximum Gasteiger partial charge on any atom is 0.228 e. The lowest BCUT2D eigenvalue weighted by Crippen LogP contribution is -2.23. The van der Waals surface area contributed by atoms with Crippen LogP contribution in [0.3, 0.4) is 0 Å². The van der Waals surface area contributed by atoms with Gasteiger partial charge in [0.05, 0.1) is 7.11 Å². The molecule has 0 saturated carbocycles. The third-order valence-electron chi connectivity index (χ3n) is 11.9. The SMILES string of the molecule is COC1=C(O)C(=O)C(C)=C(C/C=C(\C)CC/C=C(\C)CC/C=C(\C)CC/C=C(\C)CC/C=C(\C)CC/C=C(\C)CC/C=C(\C)CC/C=C(\C)CC/C=C(\C)CCC=C(C)C)C1=O.